The third-order valence-electron chi connectivity index (χ3n) is 5.99. The number of carbonyl (C=O) groups is 2. The molecule has 4 rings (SSSR count). The molecule has 7 heteroatoms. The van der Waals surface area contributed by atoms with Crippen molar-refractivity contribution in [2.45, 2.75) is 13.3 Å². The zero-order valence-electron chi connectivity index (χ0n) is 18.8. The second-order valence-corrected chi connectivity index (χ2v) is 7.86. The highest BCUT2D eigenvalue weighted by Crippen LogP contribution is 2.34. The number of anilines is 1. The lowest BCUT2D eigenvalue weighted by atomic mass is 10.0. The summed E-state index contributed by atoms with van der Waals surface area (Å²) in [7, 11) is 3.28. The van der Waals surface area contributed by atoms with Crippen LogP contribution in [0.4, 0.5) is 5.69 Å². The molecule has 168 valence electrons. The molecule has 2 aliphatic heterocycles. The first-order valence-electron chi connectivity index (χ1n) is 11.0. The van der Waals surface area contributed by atoms with Gasteiger partial charge in [-0.15, -0.1) is 0 Å². The number of hydrogen-bond acceptors (Lipinski definition) is 6. The van der Waals surface area contributed by atoms with E-state index in [9.17, 15) is 9.59 Å². The Morgan fingerprint density at radius 1 is 0.812 bits per heavy atom. The molecule has 2 aliphatic rings. The summed E-state index contributed by atoms with van der Waals surface area (Å²) in [5.41, 5.74) is 2.77. The van der Waals surface area contributed by atoms with Gasteiger partial charge in [-0.1, -0.05) is 31.2 Å². The fraction of sp³-hybridized carbons (Fsp3) is 0.360. The summed E-state index contributed by atoms with van der Waals surface area (Å²) in [6.07, 6.45) is 0.724. The summed E-state index contributed by atoms with van der Waals surface area (Å²) in [6, 6.07) is 15.3. The van der Waals surface area contributed by atoms with E-state index in [-0.39, 0.29) is 11.8 Å². The van der Waals surface area contributed by atoms with Gasteiger partial charge < -0.3 is 19.3 Å². The van der Waals surface area contributed by atoms with Crippen molar-refractivity contribution in [3.05, 3.63) is 59.8 Å². The fourth-order valence-electron chi connectivity index (χ4n) is 4.36. The molecule has 0 saturated carbocycles. The number of methoxy groups -OCH3 is 2. The van der Waals surface area contributed by atoms with E-state index in [2.05, 4.69) is 9.80 Å². The molecule has 0 aromatic heterocycles. The van der Waals surface area contributed by atoms with Crippen LogP contribution >= 0.6 is 0 Å². The number of amides is 2. The average molecular weight is 436 g/mol. The van der Waals surface area contributed by atoms with Crippen LogP contribution in [0.3, 0.4) is 0 Å². The minimum atomic E-state index is -0.218. The minimum Gasteiger partial charge on any atom is -0.497 e. The molecule has 2 amide bonds. The quantitative estimate of drug-likeness (QED) is 0.623. The van der Waals surface area contributed by atoms with Crippen LogP contribution in [0.25, 0.3) is 5.57 Å². The molecule has 32 heavy (non-hydrogen) atoms. The van der Waals surface area contributed by atoms with Gasteiger partial charge in [-0.2, -0.15) is 0 Å². The average Bonchev–Trinajstić information content (AvgIpc) is 3.09. The molecular weight excluding hydrogens is 406 g/mol. The van der Waals surface area contributed by atoms with Crippen molar-refractivity contribution in [1.29, 1.82) is 0 Å². The Labute approximate surface area is 188 Å². The van der Waals surface area contributed by atoms with Gasteiger partial charge in [0.05, 0.1) is 25.5 Å². The highest BCUT2D eigenvalue weighted by molar-refractivity contribution is 6.35. The molecular formula is C25H29N3O4. The van der Waals surface area contributed by atoms with Crippen molar-refractivity contribution in [2.24, 2.45) is 0 Å². The summed E-state index contributed by atoms with van der Waals surface area (Å²) in [6.45, 7) is 5.14. The molecule has 2 aromatic carbocycles. The molecule has 1 saturated heterocycles. The summed E-state index contributed by atoms with van der Waals surface area (Å²) < 4.78 is 10.8. The van der Waals surface area contributed by atoms with Crippen LogP contribution in [0.1, 0.15) is 18.9 Å². The predicted octanol–water partition coefficient (Wildman–Crippen LogP) is 3.02. The van der Waals surface area contributed by atoms with Crippen molar-refractivity contribution in [1.82, 2.24) is 9.80 Å². The van der Waals surface area contributed by atoms with E-state index >= 15 is 0 Å². The lowest BCUT2D eigenvalue weighted by molar-refractivity contribution is -0.137. The first-order chi connectivity index (χ1) is 15.6. The molecule has 0 aliphatic carbocycles. The highest BCUT2D eigenvalue weighted by Gasteiger charge is 2.41. The first-order valence-corrected chi connectivity index (χ1v) is 11.0. The maximum Gasteiger partial charge on any atom is 0.277 e. The van der Waals surface area contributed by atoms with Gasteiger partial charge in [-0.25, -0.2) is 0 Å². The normalized spacial score (nSPS) is 16.8. The van der Waals surface area contributed by atoms with Gasteiger partial charge in [-0.3, -0.25) is 14.5 Å². The summed E-state index contributed by atoms with van der Waals surface area (Å²) in [5, 5.41) is 0. The second kappa shape index (κ2) is 9.34. The van der Waals surface area contributed by atoms with Crippen LogP contribution in [0, 0.1) is 0 Å². The van der Waals surface area contributed by atoms with Crippen molar-refractivity contribution in [2.75, 3.05) is 51.8 Å². The van der Waals surface area contributed by atoms with E-state index < -0.39 is 0 Å². The Morgan fingerprint density at radius 2 is 1.47 bits per heavy atom. The smallest absolute Gasteiger partial charge is 0.277 e. The maximum absolute atomic E-state index is 13.3. The van der Waals surface area contributed by atoms with Gasteiger partial charge in [-0.05, 0) is 36.2 Å². The molecule has 0 radical (unpaired) electrons. The Kier molecular flexibility index (Phi) is 6.35. The van der Waals surface area contributed by atoms with Gasteiger partial charge in [0.15, 0.2) is 0 Å². The molecule has 1 fully saturated rings. The van der Waals surface area contributed by atoms with Crippen LogP contribution in [0.15, 0.2) is 54.2 Å². The summed E-state index contributed by atoms with van der Waals surface area (Å²) in [4.78, 5) is 32.2. The Morgan fingerprint density at radius 3 is 2.09 bits per heavy atom. The Bertz CT molecular complexity index is 1020. The number of carbonyl (C=O) groups excluding carboxylic acids is 2. The van der Waals surface area contributed by atoms with Crippen LogP contribution < -0.4 is 14.4 Å². The summed E-state index contributed by atoms with van der Waals surface area (Å²) in [5.74, 6) is 1.13. The number of piperazine rings is 1. The number of para-hydroxylation sites is 2. The largest absolute Gasteiger partial charge is 0.497 e. The SMILES string of the molecule is CCCN1C(=O)C(c2ccc(OC)cc2)=C(N2CCN(c3ccccc3OC)CC2)C1=O. The molecule has 0 atom stereocenters. The molecule has 2 aromatic rings. The molecule has 0 spiro atoms. The zero-order valence-corrected chi connectivity index (χ0v) is 18.8. The Hall–Kier alpha value is -3.48. The molecule has 0 N–H and O–H groups in total. The van der Waals surface area contributed by atoms with E-state index in [4.69, 9.17) is 9.47 Å². The predicted molar refractivity (Wildman–Crippen MR) is 124 cm³/mol. The first kappa shape index (κ1) is 21.7. The van der Waals surface area contributed by atoms with E-state index in [0.29, 0.717) is 36.7 Å². The third-order valence-corrected chi connectivity index (χ3v) is 5.99. The van der Waals surface area contributed by atoms with Gasteiger partial charge in [0.1, 0.15) is 17.2 Å². The van der Waals surface area contributed by atoms with Crippen LogP contribution in [-0.2, 0) is 9.59 Å². The maximum atomic E-state index is 13.3. The van der Waals surface area contributed by atoms with E-state index in [0.717, 1.165) is 36.5 Å². The topological polar surface area (TPSA) is 62.3 Å². The van der Waals surface area contributed by atoms with Gasteiger partial charge in [0.2, 0.25) is 0 Å². The van der Waals surface area contributed by atoms with Gasteiger partial charge in [0, 0.05) is 32.7 Å². The minimum absolute atomic E-state index is 0.201. The van der Waals surface area contributed by atoms with E-state index in [1.165, 1.54) is 4.90 Å². The van der Waals surface area contributed by atoms with Crippen molar-refractivity contribution >= 4 is 23.1 Å². The number of benzene rings is 2. The number of ether oxygens (including phenoxy) is 2. The van der Waals surface area contributed by atoms with Crippen LogP contribution in [0.5, 0.6) is 11.5 Å². The van der Waals surface area contributed by atoms with Crippen molar-refractivity contribution in [3.8, 4) is 11.5 Å². The lowest BCUT2D eigenvalue weighted by Crippen LogP contribution is -2.47. The second-order valence-electron chi connectivity index (χ2n) is 7.86. The Balaban J connectivity index is 1.63. The zero-order chi connectivity index (χ0) is 22.7. The molecule has 2 heterocycles. The molecule has 7 nitrogen and oxygen atoms in total. The standard InChI is InChI=1S/C25H29N3O4/c1-4-13-28-24(29)22(18-9-11-19(31-2)12-10-18)23(25(28)30)27-16-14-26(15-17-27)20-7-5-6-8-21(20)32-3/h5-12H,4,13-17H2,1-3H3. The highest BCUT2D eigenvalue weighted by atomic mass is 16.5. The van der Waals surface area contributed by atoms with Crippen molar-refractivity contribution in [3.63, 3.8) is 0 Å². The van der Waals surface area contributed by atoms with Gasteiger partial charge in [0.25, 0.3) is 11.8 Å². The van der Waals surface area contributed by atoms with Crippen LogP contribution in [-0.4, -0.2) is 68.6 Å². The number of nitrogens with zero attached hydrogens (tertiary/aromatic N) is 3. The van der Waals surface area contributed by atoms with Gasteiger partial charge >= 0.3 is 0 Å². The van der Waals surface area contributed by atoms with E-state index in [1.807, 2.05) is 55.5 Å². The number of rotatable bonds is 7. The fourth-order valence-corrected chi connectivity index (χ4v) is 4.36. The van der Waals surface area contributed by atoms with Crippen LogP contribution in [0.2, 0.25) is 0 Å². The monoisotopic (exact) mass is 435 g/mol. The lowest BCUT2D eigenvalue weighted by Gasteiger charge is -2.38. The molecule has 0 bridgehead atoms. The van der Waals surface area contributed by atoms with E-state index in [1.54, 1.807) is 14.2 Å². The van der Waals surface area contributed by atoms with Crippen molar-refractivity contribution < 1.29 is 19.1 Å². The third kappa shape index (κ3) is 3.90. The number of hydrogen-bond donors (Lipinski definition) is 0. The molecule has 0 unspecified atom stereocenters. The number of imide groups is 1. The summed E-state index contributed by atoms with van der Waals surface area (Å²) >= 11 is 0.